The summed E-state index contributed by atoms with van der Waals surface area (Å²) < 4.78 is 18.4. The summed E-state index contributed by atoms with van der Waals surface area (Å²) in [4.78, 5) is 16.0. The second kappa shape index (κ2) is 9.33. The number of piperidine rings is 1. The topological polar surface area (TPSA) is 102 Å². The third-order valence-electron chi connectivity index (χ3n) is 6.70. The lowest BCUT2D eigenvalue weighted by Crippen LogP contribution is -2.34. The van der Waals surface area contributed by atoms with E-state index in [1.165, 1.54) is 17.1 Å². The maximum Gasteiger partial charge on any atom is 0.225 e. The molecule has 0 atom stereocenters. The Kier molecular flexibility index (Phi) is 5.72. The van der Waals surface area contributed by atoms with E-state index in [2.05, 4.69) is 52.0 Å². The van der Waals surface area contributed by atoms with Crippen molar-refractivity contribution < 1.29 is 4.39 Å². The number of benzene rings is 1. The first-order chi connectivity index (χ1) is 17.7. The van der Waals surface area contributed by atoms with Gasteiger partial charge in [0.25, 0.3) is 0 Å². The third-order valence-corrected chi connectivity index (χ3v) is 6.70. The van der Waals surface area contributed by atoms with E-state index in [4.69, 9.17) is 0 Å². The molecule has 1 aliphatic rings. The number of nitrogens with one attached hydrogen (secondary N) is 1. The van der Waals surface area contributed by atoms with Crippen molar-refractivity contribution in [2.75, 3.05) is 23.3 Å². The molecule has 1 N–H and O–H groups in total. The van der Waals surface area contributed by atoms with Gasteiger partial charge in [0, 0.05) is 55.6 Å². The molecule has 0 unspecified atom stereocenters. The maximum atomic E-state index is 14.9. The first-order valence-electron chi connectivity index (χ1n) is 12.0. The van der Waals surface area contributed by atoms with Crippen LogP contribution in [0, 0.1) is 5.82 Å². The van der Waals surface area contributed by atoms with Crippen molar-refractivity contribution in [2.45, 2.75) is 32.1 Å². The summed E-state index contributed by atoms with van der Waals surface area (Å²) in [6.07, 6.45) is 12.1. The van der Waals surface area contributed by atoms with Crippen molar-refractivity contribution in [3.8, 4) is 5.69 Å². The molecular formula is C25H25FN10. The van der Waals surface area contributed by atoms with Crippen LogP contribution in [0.5, 0.6) is 0 Å². The molecule has 0 saturated carbocycles. The minimum Gasteiger partial charge on any atom is -0.350 e. The summed E-state index contributed by atoms with van der Waals surface area (Å²) in [5.41, 5.74) is 4.70. The molecule has 5 aromatic rings. The molecule has 1 saturated heterocycles. The molecule has 1 aromatic carbocycles. The van der Waals surface area contributed by atoms with Crippen LogP contribution < -0.4 is 10.2 Å². The van der Waals surface area contributed by atoms with Gasteiger partial charge in [0.1, 0.15) is 12.1 Å². The predicted molar refractivity (Wildman–Crippen MR) is 133 cm³/mol. The van der Waals surface area contributed by atoms with Gasteiger partial charge in [-0.05, 0) is 59.5 Å². The number of halogens is 1. The molecule has 1 fully saturated rings. The van der Waals surface area contributed by atoms with Gasteiger partial charge in [-0.25, -0.2) is 24.0 Å². The van der Waals surface area contributed by atoms with Gasteiger partial charge >= 0.3 is 0 Å². The van der Waals surface area contributed by atoms with E-state index >= 15 is 0 Å². The molecule has 0 amide bonds. The highest BCUT2D eigenvalue weighted by molar-refractivity contribution is 5.74. The molecular weight excluding hydrogens is 459 g/mol. The van der Waals surface area contributed by atoms with Gasteiger partial charge in [0.15, 0.2) is 5.65 Å². The van der Waals surface area contributed by atoms with Crippen molar-refractivity contribution in [1.29, 1.82) is 0 Å². The number of aromatic nitrogens is 8. The highest BCUT2D eigenvalue weighted by atomic mass is 19.1. The molecule has 0 spiro atoms. The smallest absolute Gasteiger partial charge is 0.225 e. The summed E-state index contributed by atoms with van der Waals surface area (Å²) >= 11 is 0. The normalized spacial score (nSPS) is 14.4. The van der Waals surface area contributed by atoms with E-state index < -0.39 is 5.82 Å². The largest absolute Gasteiger partial charge is 0.350 e. The number of nitrogens with zero attached hydrogens (tertiary/aromatic N) is 9. The number of hydrogen-bond acceptors (Lipinski definition) is 8. The van der Waals surface area contributed by atoms with Crippen LogP contribution in [-0.4, -0.2) is 52.6 Å². The van der Waals surface area contributed by atoms with E-state index in [-0.39, 0.29) is 0 Å². The van der Waals surface area contributed by atoms with Gasteiger partial charge in [-0.1, -0.05) is 6.92 Å². The van der Waals surface area contributed by atoms with Crippen LogP contribution in [0.3, 0.4) is 0 Å². The van der Waals surface area contributed by atoms with Crippen molar-refractivity contribution in [3.05, 3.63) is 78.5 Å². The molecule has 10 nitrogen and oxygen atoms in total. The van der Waals surface area contributed by atoms with Crippen LogP contribution >= 0.6 is 0 Å². The Hall–Kier alpha value is -4.41. The molecule has 4 aromatic heterocycles. The molecule has 5 heterocycles. The lowest BCUT2D eigenvalue weighted by atomic mass is 9.94. The van der Waals surface area contributed by atoms with Crippen molar-refractivity contribution >= 4 is 23.0 Å². The molecule has 0 aliphatic carbocycles. The minimum absolute atomic E-state index is 0.354. The number of rotatable bonds is 6. The molecule has 0 radical (unpaired) electrons. The number of pyridine rings is 1. The number of aryl methyl sites for hydroxylation is 1. The Morgan fingerprint density at radius 2 is 1.86 bits per heavy atom. The molecule has 6 rings (SSSR count). The molecule has 11 heteroatoms. The zero-order valence-electron chi connectivity index (χ0n) is 19.8. The Balaban J connectivity index is 1.19. The van der Waals surface area contributed by atoms with Gasteiger partial charge in [-0.15, -0.1) is 5.10 Å². The number of tetrazole rings is 1. The van der Waals surface area contributed by atoms with E-state index in [0.717, 1.165) is 60.9 Å². The zero-order chi connectivity index (χ0) is 24.5. The first-order valence-corrected chi connectivity index (χ1v) is 12.0. The number of anilines is 3. The van der Waals surface area contributed by atoms with E-state index in [1.807, 2.05) is 36.9 Å². The molecule has 36 heavy (non-hydrogen) atoms. The summed E-state index contributed by atoms with van der Waals surface area (Å²) in [6, 6.07) is 8.67. The monoisotopic (exact) mass is 484 g/mol. The van der Waals surface area contributed by atoms with Crippen molar-refractivity contribution in [1.82, 2.24) is 39.6 Å². The van der Waals surface area contributed by atoms with Gasteiger partial charge in [-0.2, -0.15) is 0 Å². The maximum absolute atomic E-state index is 14.9. The van der Waals surface area contributed by atoms with Crippen LogP contribution in [0.2, 0.25) is 0 Å². The fourth-order valence-corrected chi connectivity index (χ4v) is 4.67. The Morgan fingerprint density at radius 3 is 2.58 bits per heavy atom. The van der Waals surface area contributed by atoms with Crippen LogP contribution in [0.4, 0.5) is 21.7 Å². The van der Waals surface area contributed by atoms with E-state index in [9.17, 15) is 4.39 Å². The quantitative estimate of drug-likeness (QED) is 0.387. The summed E-state index contributed by atoms with van der Waals surface area (Å²) in [6.45, 7) is 3.88. The molecule has 0 bridgehead atoms. The summed E-state index contributed by atoms with van der Waals surface area (Å²) in [5.74, 6) is 0.760. The average Bonchev–Trinajstić information content (AvgIpc) is 3.61. The fourth-order valence-electron chi connectivity index (χ4n) is 4.67. The van der Waals surface area contributed by atoms with Crippen molar-refractivity contribution in [3.63, 3.8) is 0 Å². The second-order valence-electron chi connectivity index (χ2n) is 8.85. The Bertz CT molecular complexity index is 1470. The van der Waals surface area contributed by atoms with Gasteiger partial charge in [-0.3, -0.25) is 0 Å². The lowest BCUT2D eigenvalue weighted by Gasteiger charge is -2.31. The minimum atomic E-state index is -0.404. The van der Waals surface area contributed by atoms with Gasteiger partial charge in [0.2, 0.25) is 5.95 Å². The van der Waals surface area contributed by atoms with Gasteiger partial charge in [0.05, 0.1) is 17.1 Å². The van der Waals surface area contributed by atoms with Crippen LogP contribution in [0.15, 0.2) is 61.4 Å². The third kappa shape index (κ3) is 4.12. The van der Waals surface area contributed by atoms with Gasteiger partial charge < -0.3 is 14.6 Å². The van der Waals surface area contributed by atoms with Crippen molar-refractivity contribution in [2.24, 2.45) is 0 Å². The van der Waals surface area contributed by atoms with Crippen LogP contribution in [0.1, 0.15) is 36.9 Å². The lowest BCUT2D eigenvalue weighted by molar-refractivity contribution is 0.488. The fraction of sp³-hybridized carbons (Fsp3) is 0.280. The number of fused-ring (bicyclic) bond motifs is 1. The standard InChI is InChI=1S/C25H25FN10/c1-2-17-13-28-25(29-14-17)34-10-7-18(8-11-34)23-15-27-24-22(4-3-9-35(23)24)31-21-6-5-19(12-20(21)26)36-16-30-32-33-36/h3-6,9,12-16,18,31H,2,7-8,10-11H2,1H3. The highest BCUT2D eigenvalue weighted by Crippen LogP contribution is 2.32. The summed E-state index contributed by atoms with van der Waals surface area (Å²) in [5, 5.41) is 14.2. The molecule has 182 valence electrons. The predicted octanol–water partition coefficient (Wildman–Crippen LogP) is 3.93. The Morgan fingerprint density at radius 1 is 1.03 bits per heavy atom. The zero-order valence-corrected chi connectivity index (χ0v) is 19.8. The van der Waals surface area contributed by atoms with E-state index in [1.54, 1.807) is 12.1 Å². The SMILES string of the molecule is CCc1cnc(N2CCC(c3cnc4c(Nc5ccc(-n6cnnn6)cc5F)cccn34)CC2)nc1. The number of imidazole rings is 1. The van der Waals surface area contributed by atoms with E-state index in [0.29, 0.717) is 17.3 Å². The first kappa shape index (κ1) is 22.1. The second-order valence-corrected chi connectivity index (χ2v) is 8.85. The number of hydrogen-bond donors (Lipinski definition) is 1. The highest BCUT2D eigenvalue weighted by Gasteiger charge is 2.25. The summed E-state index contributed by atoms with van der Waals surface area (Å²) in [7, 11) is 0. The van der Waals surface area contributed by atoms with Crippen LogP contribution in [-0.2, 0) is 6.42 Å². The van der Waals surface area contributed by atoms with Crippen LogP contribution in [0.25, 0.3) is 11.3 Å². The average molecular weight is 485 g/mol. The Labute approximate surface area is 206 Å². The molecule has 1 aliphatic heterocycles.